The number of rotatable bonds is 8. The molecule has 0 radical (unpaired) electrons. The molecule has 0 spiro atoms. The number of hydrogen-bond acceptors (Lipinski definition) is 5. The molecule has 3 atom stereocenters. The average Bonchev–Trinajstić information content (AvgIpc) is 3.65. The largest absolute Gasteiger partial charge is 0.416 e. The molecule has 1 N–H and O–H groups in total. The summed E-state index contributed by atoms with van der Waals surface area (Å²) >= 11 is 0. The van der Waals surface area contributed by atoms with Crippen molar-refractivity contribution in [1.29, 1.82) is 0 Å². The highest BCUT2D eigenvalue weighted by molar-refractivity contribution is 6.74. The van der Waals surface area contributed by atoms with Crippen molar-refractivity contribution in [2.45, 2.75) is 83.0 Å². The molecule has 0 bridgehead atoms. The van der Waals surface area contributed by atoms with Gasteiger partial charge in [0.2, 0.25) is 0 Å². The van der Waals surface area contributed by atoms with E-state index in [9.17, 15) is 27.2 Å². The molecule has 2 aromatic carbocycles. The van der Waals surface area contributed by atoms with Gasteiger partial charge in [-0.05, 0) is 67.4 Å². The fourth-order valence-electron chi connectivity index (χ4n) is 5.74. The Morgan fingerprint density at radius 2 is 1.83 bits per heavy atom. The maximum Gasteiger partial charge on any atom is 0.416 e. The summed E-state index contributed by atoms with van der Waals surface area (Å²) in [4.78, 5) is 29.5. The predicted octanol–water partition coefficient (Wildman–Crippen LogP) is 6.82. The first kappa shape index (κ1) is 33.8. The lowest BCUT2D eigenvalue weighted by molar-refractivity contribution is -0.137. The Bertz CT molecular complexity index is 1590. The summed E-state index contributed by atoms with van der Waals surface area (Å²) < 4.78 is 68.8. The number of hydrogen-bond donors (Lipinski definition) is 1. The topological polar surface area (TPSA) is 85.7 Å². The van der Waals surface area contributed by atoms with E-state index < -0.39 is 49.6 Å². The molecular weight excluding hydrogens is 620 g/mol. The summed E-state index contributed by atoms with van der Waals surface area (Å²) in [7, 11) is -2.28. The maximum absolute atomic E-state index is 14.3. The van der Waals surface area contributed by atoms with Gasteiger partial charge >= 0.3 is 6.18 Å². The van der Waals surface area contributed by atoms with Crippen molar-refractivity contribution in [2.24, 2.45) is 0 Å². The van der Waals surface area contributed by atoms with Crippen molar-refractivity contribution >= 4 is 25.9 Å². The summed E-state index contributed by atoms with van der Waals surface area (Å²) in [6.45, 7) is 13.7. The molecule has 13 heteroatoms. The molecule has 0 unspecified atom stereocenters. The van der Waals surface area contributed by atoms with Crippen LogP contribution in [0.3, 0.4) is 0 Å². The smallest absolute Gasteiger partial charge is 0.411 e. The molecule has 1 fully saturated rings. The first-order chi connectivity index (χ1) is 21.5. The van der Waals surface area contributed by atoms with Gasteiger partial charge in [-0.3, -0.25) is 14.5 Å². The van der Waals surface area contributed by atoms with Crippen LogP contribution in [0.15, 0.2) is 48.5 Å². The Morgan fingerprint density at radius 3 is 2.41 bits per heavy atom. The molecule has 1 saturated heterocycles. The number of carbonyl (C=O) groups is 2. The summed E-state index contributed by atoms with van der Waals surface area (Å²) in [5.74, 6) is -2.06. The van der Waals surface area contributed by atoms with Crippen molar-refractivity contribution in [3.8, 4) is 0 Å². The van der Waals surface area contributed by atoms with E-state index in [4.69, 9.17) is 14.3 Å². The van der Waals surface area contributed by atoms with Crippen LogP contribution in [0, 0.1) is 5.82 Å². The minimum Gasteiger partial charge on any atom is -0.411 e. The molecule has 5 rings (SSSR count). The van der Waals surface area contributed by atoms with Crippen LogP contribution in [0.5, 0.6) is 0 Å². The van der Waals surface area contributed by atoms with Crippen LogP contribution in [0.2, 0.25) is 18.1 Å². The molecule has 1 aromatic heterocycles. The molecular formula is C33H40F4N4O4Si. The normalized spacial score (nSPS) is 20.6. The number of benzene rings is 2. The van der Waals surface area contributed by atoms with Crippen LogP contribution < -0.4 is 10.2 Å². The number of carbonyl (C=O) groups excluding carboxylic acids is 2. The predicted molar refractivity (Wildman–Crippen MR) is 168 cm³/mol. The number of halogens is 4. The van der Waals surface area contributed by atoms with Gasteiger partial charge in [0.25, 0.3) is 11.8 Å². The molecule has 2 aliphatic heterocycles. The van der Waals surface area contributed by atoms with E-state index in [0.717, 1.165) is 18.2 Å². The van der Waals surface area contributed by atoms with Crippen LogP contribution in [-0.2, 0) is 26.7 Å². The highest BCUT2D eigenvalue weighted by Crippen LogP contribution is 2.45. The molecule has 0 aliphatic carbocycles. The van der Waals surface area contributed by atoms with E-state index >= 15 is 0 Å². The zero-order valence-corrected chi connectivity index (χ0v) is 27.9. The van der Waals surface area contributed by atoms with Gasteiger partial charge in [-0.1, -0.05) is 39.0 Å². The minimum atomic E-state index is -4.65. The molecule has 0 saturated carbocycles. The van der Waals surface area contributed by atoms with Gasteiger partial charge in [0.15, 0.2) is 8.32 Å². The molecule has 8 nitrogen and oxygen atoms in total. The summed E-state index contributed by atoms with van der Waals surface area (Å²) in [6.07, 6.45) is -3.97. The van der Waals surface area contributed by atoms with E-state index in [-0.39, 0.29) is 29.8 Å². The SMILES string of the molecule is CCN1C(=O)[C@H](NC(=O)c2cccc(C(F)(F)F)c2)[C@H](c2ccc(F)cc2)c2c(CO[Si](C)(C)C(C)(C)C)nn([C@@H]3CCOC3)c21. The van der Waals surface area contributed by atoms with Gasteiger partial charge in [0.1, 0.15) is 17.7 Å². The molecule has 248 valence electrons. The standard InChI is InChI=1S/C33H40F4N4O4Si/c1-7-40-30-27(25(19-45-46(5,6)32(2,3)4)39-41(30)24-15-16-44-18-24)26(20-11-13-23(34)14-12-20)28(31(40)43)38-29(42)21-9-8-10-22(17-21)33(35,36)37/h8-14,17,24,26,28H,7,15-16,18-19H2,1-6H3,(H,38,42)/t24-,26-,28-/m1/s1. The first-order valence-electron chi connectivity index (χ1n) is 15.4. The Labute approximate surface area is 267 Å². The highest BCUT2D eigenvalue weighted by atomic mass is 28.4. The van der Waals surface area contributed by atoms with E-state index in [1.807, 2.05) is 4.68 Å². The quantitative estimate of drug-likeness (QED) is 0.212. The number of ether oxygens (including phenoxy) is 1. The number of aromatic nitrogens is 2. The number of anilines is 1. The van der Waals surface area contributed by atoms with Crippen molar-refractivity contribution in [3.05, 3.63) is 82.3 Å². The number of nitrogens with one attached hydrogen (secondary N) is 1. The van der Waals surface area contributed by atoms with E-state index in [2.05, 4.69) is 39.2 Å². The van der Waals surface area contributed by atoms with E-state index in [1.165, 1.54) is 18.2 Å². The van der Waals surface area contributed by atoms with Crippen molar-refractivity contribution in [3.63, 3.8) is 0 Å². The Morgan fingerprint density at radius 1 is 1.13 bits per heavy atom. The first-order valence-corrected chi connectivity index (χ1v) is 18.3. The number of likely N-dealkylation sites (N-methyl/N-ethyl adjacent to an activating group) is 1. The third-order valence-corrected chi connectivity index (χ3v) is 13.8. The lowest BCUT2D eigenvalue weighted by Gasteiger charge is -2.39. The third-order valence-electron chi connectivity index (χ3n) is 9.34. The molecule has 3 aromatic rings. The van der Waals surface area contributed by atoms with Crippen LogP contribution >= 0.6 is 0 Å². The van der Waals surface area contributed by atoms with Gasteiger partial charge < -0.3 is 14.5 Å². The lowest BCUT2D eigenvalue weighted by atomic mass is 9.81. The lowest BCUT2D eigenvalue weighted by Crippen LogP contribution is -2.55. The fourth-order valence-corrected chi connectivity index (χ4v) is 6.67. The third kappa shape index (κ3) is 6.49. The van der Waals surface area contributed by atoms with Crippen LogP contribution in [0.25, 0.3) is 0 Å². The summed E-state index contributed by atoms with van der Waals surface area (Å²) in [6, 6.07) is 8.33. The van der Waals surface area contributed by atoms with Gasteiger partial charge in [-0.25, -0.2) is 9.07 Å². The number of nitrogens with zero attached hydrogens (tertiary/aromatic N) is 3. The van der Waals surface area contributed by atoms with Crippen molar-refractivity contribution < 1.29 is 36.3 Å². The molecule has 2 amide bonds. The van der Waals surface area contributed by atoms with Gasteiger partial charge in [0, 0.05) is 30.2 Å². The summed E-state index contributed by atoms with van der Waals surface area (Å²) in [5, 5.41) is 7.67. The highest BCUT2D eigenvalue weighted by Gasteiger charge is 2.47. The zero-order chi connectivity index (χ0) is 33.6. The fraction of sp³-hybridized carbons (Fsp3) is 0.485. The average molecular weight is 661 g/mol. The monoisotopic (exact) mass is 660 g/mol. The maximum atomic E-state index is 14.3. The summed E-state index contributed by atoms with van der Waals surface area (Å²) in [5.41, 5.74) is 0.539. The second-order valence-corrected chi connectivity index (χ2v) is 18.1. The Kier molecular flexibility index (Phi) is 9.24. The van der Waals surface area contributed by atoms with Crippen molar-refractivity contribution in [2.75, 3.05) is 24.7 Å². The minimum absolute atomic E-state index is 0.0990. The van der Waals surface area contributed by atoms with Gasteiger partial charge in [-0.2, -0.15) is 18.3 Å². The number of amides is 2. The molecule has 3 heterocycles. The Hall–Kier alpha value is -3.55. The van der Waals surface area contributed by atoms with E-state index in [1.54, 1.807) is 24.0 Å². The molecule has 46 heavy (non-hydrogen) atoms. The Balaban J connectivity index is 1.67. The molecule has 2 aliphatic rings. The number of alkyl halides is 3. The van der Waals surface area contributed by atoms with E-state index in [0.29, 0.717) is 42.3 Å². The van der Waals surface area contributed by atoms with Crippen LogP contribution in [-0.4, -0.2) is 55.7 Å². The zero-order valence-electron chi connectivity index (χ0n) is 26.9. The second kappa shape index (κ2) is 12.6. The second-order valence-electron chi connectivity index (χ2n) is 13.3. The van der Waals surface area contributed by atoms with Crippen LogP contribution in [0.1, 0.15) is 78.8 Å². The van der Waals surface area contributed by atoms with Gasteiger partial charge in [-0.15, -0.1) is 0 Å². The van der Waals surface area contributed by atoms with Crippen LogP contribution in [0.4, 0.5) is 23.4 Å². The van der Waals surface area contributed by atoms with Crippen molar-refractivity contribution in [1.82, 2.24) is 15.1 Å². The van der Waals surface area contributed by atoms with Gasteiger partial charge in [0.05, 0.1) is 30.5 Å². The number of fused-ring (bicyclic) bond motifs is 1.